The molecular formula is C15H24N2O5S. The first-order valence-electron chi connectivity index (χ1n) is 7.13. The lowest BCUT2D eigenvalue weighted by Gasteiger charge is -2.29. The van der Waals surface area contributed by atoms with Crippen LogP contribution < -0.4 is 14.4 Å². The van der Waals surface area contributed by atoms with E-state index in [0.29, 0.717) is 18.0 Å². The highest BCUT2D eigenvalue weighted by Crippen LogP contribution is 2.23. The van der Waals surface area contributed by atoms with Crippen molar-refractivity contribution in [1.82, 2.24) is 5.32 Å². The van der Waals surface area contributed by atoms with Crippen molar-refractivity contribution < 1.29 is 22.7 Å². The number of hydrogen-bond donors (Lipinski definition) is 1. The first-order chi connectivity index (χ1) is 10.7. The first kappa shape index (κ1) is 19.2. The summed E-state index contributed by atoms with van der Waals surface area (Å²) in [6, 6.07) is 5.38. The largest absolute Gasteiger partial charge is 0.497 e. The van der Waals surface area contributed by atoms with E-state index in [2.05, 4.69) is 5.32 Å². The number of nitrogens with one attached hydrogen (secondary N) is 1. The van der Waals surface area contributed by atoms with E-state index in [1.807, 2.05) is 0 Å². The van der Waals surface area contributed by atoms with E-state index >= 15 is 0 Å². The van der Waals surface area contributed by atoms with Gasteiger partial charge in [0.1, 0.15) is 11.8 Å². The zero-order chi connectivity index (χ0) is 17.6. The SMILES string of the molecule is COC[C@@H](C)NC(=O)[C@@H](C)N(c1ccc(OC)cc1)S(C)(=O)=O. The molecule has 0 heterocycles. The van der Waals surface area contributed by atoms with Crippen molar-refractivity contribution in [2.45, 2.75) is 25.9 Å². The van der Waals surface area contributed by atoms with Crippen LogP contribution in [0.2, 0.25) is 0 Å². The zero-order valence-corrected chi connectivity index (χ0v) is 14.9. The summed E-state index contributed by atoms with van der Waals surface area (Å²) in [4.78, 5) is 12.3. The van der Waals surface area contributed by atoms with Gasteiger partial charge in [0.25, 0.3) is 0 Å². The molecule has 0 aliphatic heterocycles. The molecule has 2 atom stereocenters. The fourth-order valence-corrected chi connectivity index (χ4v) is 3.37. The van der Waals surface area contributed by atoms with Crippen LogP contribution in [0.25, 0.3) is 0 Å². The van der Waals surface area contributed by atoms with E-state index in [1.165, 1.54) is 14.2 Å². The van der Waals surface area contributed by atoms with Crippen LogP contribution in [0.4, 0.5) is 5.69 Å². The van der Waals surface area contributed by atoms with Crippen molar-refractivity contribution in [1.29, 1.82) is 0 Å². The van der Waals surface area contributed by atoms with Crippen LogP contribution in [-0.2, 0) is 19.6 Å². The van der Waals surface area contributed by atoms with E-state index in [0.717, 1.165) is 10.6 Å². The normalized spacial score (nSPS) is 14.0. The average molecular weight is 344 g/mol. The molecule has 0 fully saturated rings. The van der Waals surface area contributed by atoms with Crippen molar-refractivity contribution in [2.75, 3.05) is 31.4 Å². The highest BCUT2D eigenvalue weighted by Gasteiger charge is 2.29. The number of ether oxygens (including phenoxy) is 2. The van der Waals surface area contributed by atoms with Gasteiger partial charge in [-0.3, -0.25) is 9.10 Å². The summed E-state index contributed by atoms with van der Waals surface area (Å²) in [5, 5.41) is 2.73. The van der Waals surface area contributed by atoms with E-state index < -0.39 is 22.0 Å². The van der Waals surface area contributed by atoms with Crippen LogP contribution in [0.3, 0.4) is 0 Å². The Balaban J connectivity index is 3.04. The Kier molecular flexibility index (Phi) is 6.83. The molecule has 130 valence electrons. The fraction of sp³-hybridized carbons (Fsp3) is 0.533. The summed E-state index contributed by atoms with van der Waals surface area (Å²) in [5.74, 6) is 0.212. The lowest BCUT2D eigenvalue weighted by Crippen LogP contribution is -2.50. The van der Waals surface area contributed by atoms with Gasteiger partial charge in [-0.25, -0.2) is 8.42 Å². The molecule has 8 heteroatoms. The second kappa shape index (κ2) is 8.16. The topological polar surface area (TPSA) is 84.9 Å². The number of anilines is 1. The predicted molar refractivity (Wildman–Crippen MR) is 89.3 cm³/mol. The third-order valence-electron chi connectivity index (χ3n) is 3.22. The quantitative estimate of drug-likeness (QED) is 0.760. The number of amides is 1. The van der Waals surface area contributed by atoms with Gasteiger partial charge < -0.3 is 14.8 Å². The third-order valence-corrected chi connectivity index (χ3v) is 4.46. The van der Waals surface area contributed by atoms with Crippen LogP contribution >= 0.6 is 0 Å². The molecule has 1 aromatic carbocycles. The van der Waals surface area contributed by atoms with Crippen molar-refractivity contribution in [2.24, 2.45) is 0 Å². The van der Waals surface area contributed by atoms with E-state index in [9.17, 15) is 13.2 Å². The van der Waals surface area contributed by atoms with Gasteiger partial charge in [0.05, 0.1) is 25.7 Å². The average Bonchev–Trinajstić information content (AvgIpc) is 2.46. The monoisotopic (exact) mass is 344 g/mol. The second-order valence-electron chi connectivity index (χ2n) is 5.30. The second-order valence-corrected chi connectivity index (χ2v) is 7.16. The maximum Gasteiger partial charge on any atom is 0.243 e. The minimum absolute atomic E-state index is 0.216. The Hall–Kier alpha value is -1.80. The van der Waals surface area contributed by atoms with Gasteiger partial charge in [-0.05, 0) is 38.1 Å². The van der Waals surface area contributed by atoms with Crippen LogP contribution in [-0.4, -0.2) is 53.5 Å². The number of sulfonamides is 1. The molecule has 0 bridgehead atoms. The molecule has 1 N–H and O–H groups in total. The van der Waals surface area contributed by atoms with E-state index in [1.54, 1.807) is 38.1 Å². The molecule has 0 radical (unpaired) electrons. The molecule has 0 spiro atoms. The van der Waals surface area contributed by atoms with Gasteiger partial charge in [-0.2, -0.15) is 0 Å². The summed E-state index contributed by atoms with van der Waals surface area (Å²) in [7, 11) is -0.571. The van der Waals surface area contributed by atoms with Crippen LogP contribution in [0.1, 0.15) is 13.8 Å². The van der Waals surface area contributed by atoms with Gasteiger partial charge in [0.15, 0.2) is 0 Å². The maximum absolute atomic E-state index is 12.3. The number of methoxy groups -OCH3 is 2. The van der Waals surface area contributed by atoms with Gasteiger partial charge in [-0.15, -0.1) is 0 Å². The van der Waals surface area contributed by atoms with E-state index in [-0.39, 0.29) is 6.04 Å². The molecule has 0 saturated heterocycles. The Morgan fingerprint density at radius 1 is 1.22 bits per heavy atom. The summed E-state index contributed by atoms with van der Waals surface area (Å²) >= 11 is 0. The van der Waals surface area contributed by atoms with Crippen molar-refractivity contribution in [3.05, 3.63) is 24.3 Å². The van der Waals surface area contributed by atoms with Gasteiger partial charge >= 0.3 is 0 Å². The van der Waals surface area contributed by atoms with E-state index in [4.69, 9.17) is 9.47 Å². The standard InChI is InChI=1S/C15H24N2O5S/c1-11(10-21-3)16-15(18)12(2)17(23(5,19)20)13-6-8-14(22-4)9-7-13/h6-9,11-12H,10H2,1-5H3,(H,16,18)/t11-,12-/m1/s1. The molecule has 0 saturated carbocycles. The minimum atomic E-state index is -3.63. The Labute approximate surface area is 137 Å². The van der Waals surface area contributed by atoms with Gasteiger partial charge in [-0.1, -0.05) is 0 Å². The number of rotatable bonds is 8. The molecule has 0 aromatic heterocycles. The highest BCUT2D eigenvalue weighted by atomic mass is 32.2. The lowest BCUT2D eigenvalue weighted by molar-refractivity contribution is -0.122. The number of hydrogen-bond acceptors (Lipinski definition) is 5. The molecule has 0 aliphatic rings. The fourth-order valence-electron chi connectivity index (χ4n) is 2.19. The summed E-state index contributed by atoms with van der Waals surface area (Å²) < 4.78 is 35.4. The molecule has 1 rings (SSSR count). The Morgan fingerprint density at radius 3 is 2.22 bits per heavy atom. The highest BCUT2D eigenvalue weighted by molar-refractivity contribution is 7.92. The summed E-state index contributed by atoms with van der Waals surface area (Å²) in [6.07, 6.45) is 1.07. The molecule has 23 heavy (non-hydrogen) atoms. The molecular weight excluding hydrogens is 320 g/mol. The number of nitrogens with zero attached hydrogens (tertiary/aromatic N) is 1. The number of benzene rings is 1. The summed E-state index contributed by atoms with van der Waals surface area (Å²) in [5.41, 5.74) is 0.398. The number of carbonyl (C=O) groups is 1. The maximum atomic E-state index is 12.3. The number of carbonyl (C=O) groups excluding carboxylic acids is 1. The molecule has 0 aliphatic carbocycles. The third kappa shape index (κ3) is 5.40. The predicted octanol–water partition coefficient (Wildman–Crippen LogP) is 1.00. The Bertz CT molecular complexity index is 615. The van der Waals surface area contributed by atoms with Crippen LogP contribution in [0, 0.1) is 0 Å². The zero-order valence-electron chi connectivity index (χ0n) is 14.1. The van der Waals surface area contributed by atoms with Crippen molar-refractivity contribution in [3.63, 3.8) is 0 Å². The van der Waals surface area contributed by atoms with Gasteiger partial charge in [0, 0.05) is 13.2 Å². The molecule has 1 aromatic rings. The van der Waals surface area contributed by atoms with Crippen LogP contribution in [0.5, 0.6) is 5.75 Å². The van der Waals surface area contributed by atoms with Crippen LogP contribution in [0.15, 0.2) is 24.3 Å². The minimum Gasteiger partial charge on any atom is -0.497 e. The lowest BCUT2D eigenvalue weighted by atomic mass is 10.2. The first-order valence-corrected chi connectivity index (χ1v) is 8.98. The Morgan fingerprint density at radius 2 is 1.78 bits per heavy atom. The van der Waals surface area contributed by atoms with Gasteiger partial charge in [0.2, 0.25) is 15.9 Å². The van der Waals surface area contributed by atoms with Crippen molar-refractivity contribution >= 4 is 21.6 Å². The molecule has 1 amide bonds. The smallest absolute Gasteiger partial charge is 0.243 e. The molecule has 0 unspecified atom stereocenters. The van der Waals surface area contributed by atoms with Crippen molar-refractivity contribution in [3.8, 4) is 5.75 Å². The summed E-state index contributed by atoms with van der Waals surface area (Å²) in [6.45, 7) is 3.67. The molecule has 7 nitrogen and oxygen atoms in total.